The van der Waals surface area contributed by atoms with Crippen molar-refractivity contribution >= 4 is 11.8 Å². The molecular formula is C21H26N2O4. The van der Waals surface area contributed by atoms with Gasteiger partial charge in [0.05, 0.1) is 6.61 Å². The van der Waals surface area contributed by atoms with Gasteiger partial charge in [-0.2, -0.15) is 0 Å². The fourth-order valence-corrected chi connectivity index (χ4v) is 2.36. The molecule has 0 fully saturated rings. The second-order valence-corrected chi connectivity index (χ2v) is 6.74. The number of hydrogen-bond acceptors (Lipinski definition) is 4. The maximum atomic E-state index is 12.1. The van der Waals surface area contributed by atoms with Crippen molar-refractivity contribution in [3.8, 4) is 11.5 Å². The van der Waals surface area contributed by atoms with Crippen LogP contribution in [0, 0.1) is 19.8 Å². The summed E-state index contributed by atoms with van der Waals surface area (Å²) < 4.78 is 11.1. The Hall–Kier alpha value is -3.02. The van der Waals surface area contributed by atoms with Crippen molar-refractivity contribution < 1.29 is 19.1 Å². The Balaban J connectivity index is 1.80. The smallest absolute Gasteiger partial charge is 0.276 e. The number of carbonyl (C=O) groups is 2. The van der Waals surface area contributed by atoms with Crippen LogP contribution in [0.3, 0.4) is 0 Å². The molecule has 0 unspecified atom stereocenters. The van der Waals surface area contributed by atoms with Gasteiger partial charge < -0.3 is 9.47 Å². The first kappa shape index (κ1) is 20.3. The Morgan fingerprint density at radius 3 is 2.15 bits per heavy atom. The average Bonchev–Trinajstić information content (AvgIpc) is 2.64. The van der Waals surface area contributed by atoms with Crippen LogP contribution in [-0.4, -0.2) is 25.0 Å². The maximum Gasteiger partial charge on any atom is 0.276 e. The van der Waals surface area contributed by atoms with Crippen LogP contribution in [0.1, 0.15) is 35.3 Å². The quantitative estimate of drug-likeness (QED) is 0.734. The van der Waals surface area contributed by atoms with E-state index in [-0.39, 0.29) is 6.61 Å². The summed E-state index contributed by atoms with van der Waals surface area (Å²) in [6, 6.07) is 12.5. The van der Waals surface area contributed by atoms with Crippen molar-refractivity contribution in [2.75, 3.05) is 13.2 Å². The van der Waals surface area contributed by atoms with E-state index >= 15 is 0 Å². The first-order valence-electron chi connectivity index (χ1n) is 8.88. The molecule has 0 bridgehead atoms. The Labute approximate surface area is 159 Å². The van der Waals surface area contributed by atoms with E-state index in [0.29, 0.717) is 29.6 Å². The highest BCUT2D eigenvalue weighted by Crippen LogP contribution is 2.22. The van der Waals surface area contributed by atoms with Crippen molar-refractivity contribution in [3.05, 3.63) is 59.2 Å². The summed E-state index contributed by atoms with van der Waals surface area (Å²) in [6.07, 6.45) is 0. The largest absolute Gasteiger partial charge is 0.493 e. The minimum absolute atomic E-state index is 0.187. The lowest BCUT2D eigenvalue weighted by atomic mass is 10.1. The van der Waals surface area contributed by atoms with Crippen LogP contribution in [0.4, 0.5) is 0 Å². The molecule has 0 aliphatic carbocycles. The van der Waals surface area contributed by atoms with Crippen molar-refractivity contribution in [1.82, 2.24) is 10.9 Å². The van der Waals surface area contributed by atoms with Crippen LogP contribution in [0.15, 0.2) is 42.5 Å². The summed E-state index contributed by atoms with van der Waals surface area (Å²) in [5.74, 6) is 0.949. The number of amides is 2. The van der Waals surface area contributed by atoms with Gasteiger partial charge in [0.1, 0.15) is 11.5 Å². The molecule has 27 heavy (non-hydrogen) atoms. The van der Waals surface area contributed by atoms with E-state index in [1.165, 1.54) is 0 Å². The Kier molecular flexibility index (Phi) is 7.23. The summed E-state index contributed by atoms with van der Waals surface area (Å²) >= 11 is 0. The summed E-state index contributed by atoms with van der Waals surface area (Å²) in [5, 5.41) is 0. The third kappa shape index (κ3) is 6.33. The molecular weight excluding hydrogens is 344 g/mol. The molecule has 0 radical (unpaired) electrons. The molecule has 2 aromatic rings. The van der Waals surface area contributed by atoms with Crippen molar-refractivity contribution in [2.45, 2.75) is 27.7 Å². The highest BCUT2D eigenvalue weighted by atomic mass is 16.5. The lowest BCUT2D eigenvalue weighted by molar-refractivity contribution is -0.123. The standard InChI is InChI=1S/C21H26N2O4/c1-14(2)12-26-18-10-8-17(9-11-18)21(25)23-22-19(24)13-27-20-15(3)6-5-7-16(20)4/h5-11,14H,12-13H2,1-4H3,(H,22,24)(H,23,25). The van der Waals surface area contributed by atoms with Gasteiger partial charge in [-0.1, -0.05) is 32.0 Å². The number of nitrogens with one attached hydrogen (secondary N) is 2. The highest BCUT2D eigenvalue weighted by Gasteiger charge is 2.10. The minimum Gasteiger partial charge on any atom is -0.493 e. The van der Waals surface area contributed by atoms with Crippen LogP contribution >= 0.6 is 0 Å². The highest BCUT2D eigenvalue weighted by molar-refractivity contribution is 5.95. The van der Waals surface area contributed by atoms with Gasteiger partial charge >= 0.3 is 0 Å². The van der Waals surface area contributed by atoms with Crippen molar-refractivity contribution in [2.24, 2.45) is 5.92 Å². The van der Waals surface area contributed by atoms with Gasteiger partial charge in [-0.05, 0) is 55.2 Å². The third-order valence-corrected chi connectivity index (χ3v) is 3.77. The molecule has 0 saturated heterocycles. The minimum atomic E-state index is -0.442. The number of hydrazine groups is 1. The zero-order valence-electron chi connectivity index (χ0n) is 16.2. The average molecular weight is 370 g/mol. The lowest BCUT2D eigenvalue weighted by Crippen LogP contribution is -2.43. The van der Waals surface area contributed by atoms with Crippen LogP contribution in [0.5, 0.6) is 11.5 Å². The number of aryl methyl sites for hydroxylation is 2. The summed E-state index contributed by atoms with van der Waals surface area (Å²) in [6.45, 7) is 8.38. The SMILES string of the molecule is Cc1cccc(C)c1OCC(=O)NNC(=O)c1ccc(OCC(C)C)cc1. The van der Waals surface area contributed by atoms with E-state index in [4.69, 9.17) is 9.47 Å². The topological polar surface area (TPSA) is 76.7 Å². The zero-order valence-corrected chi connectivity index (χ0v) is 16.2. The van der Waals surface area contributed by atoms with Gasteiger partial charge in [-0.15, -0.1) is 0 Å². The second kappa shape index (κ2) is 9.62. The van der Waals surface area contributed by atoms with E-state index in [9.17, 15) is 9.59 Å². The maximum absolute atomic E-state index is 12.1. The van der Waals surface area contributed by atoms with E-state index in [2.05, 4.69) is 24.7 Å². The Bertz CT molecular complexity index is 765. The van der Waals surface area contributed by atoms with Gasteiger partial charge in [-0.25, -0.2) is 0 Å². The lowest BCUT2D eigenvalue weighted by Gasteiger charge is -2.12. The molecule has 0 heterocycles. The molecule has 2 N–H and O–H groups in total. The molecule has 0 spiro atoms. The summed E-state index contributed by atoms with van der Waals surface area (Å²) in [5.41, 5.74) is 7.05. The number of hydrogen-bond donors (Lipinski definition) is 2. The summed E-state index contributed by atoms with van der Waals surface area (Å²) in [4.78, 5) is 24.0. The fraction of sp³-hybridized carbons (Fsp3) is 0.333. The molecule has 2 aromatic carbocycles. The van der Waals surface area contributed by atoms with Gasteiger partial charge in [-0.3, -0.25) is 20.4 Å². The molecule has 0 saturated carbocycles. The van der Waals surface area contributed by atoms with E-state index in [1.54, 1.807) is 24.3 Å². The number of ether oxygens (including phenoxy) is 2. The Morgan fingerprint density at radius 1 is 0.926 bits per heavy atom. The predicted molar refractivity (Wildman–Crippen MR) is 104 cm³/mol. The molecule has 2 rings (SSSR count). The monoisotopic (exact) mass is 370 g/mol. The normalized spacial score (nSPS) is 10.4. The molecule has 0 aliphatic rings. The van der Waals surface area contributed by atoms with E-state index in [0.717, 1.165) is 11.1 Å². The first-order valence-corrected chi connectivity index (χ1v) is 8.88. The third-order valence-electron chi connectivity index (χ3n) is 3.77. The van der Waals surface area contributed by atoms with Crippen molar-refractivity contribution in [3.63, 3.8) is 0 Å². The van der Waals surface area contributed by atoms with Gasteiger partial charge in [0.2, 0.25) is 0 Å². The second-order valence-electron chi connectivity index (χ2n) is 6.74. The zero-order chi connectivity index (χ0) is 19.8. The molecule has 6 heteroatoms. The molecule has 0 atom stereocenters. The molecule has 0 aromatic heterocycles. The van der Waals surface area contributed by atoms with Gasteiger partial charge in [0.25, 0.3) is 11.8 Å². The number of carbonyl (C=O) groups excluding carboxylic acids is 2. The van der Waals surface area contributed by atoms with Gasteiger partial charge in [0.15, 0.2) is 6.61 Å². The predicted octanol–water partition coefficient (Wildman–Crippen LogP) is 3.18. The number of benzene rings is 2. The Morgan fingerprint density at radius 2 is 1.56 bits per heavy atom. The molecule has 144 valence electrons. The van der Waals surface area contributed by atoms with Gasteiger partial charge in [0, 0.05) is 5.56 Å². The fourth-order valence-electron chi connectivity index (χ4n) is 2.36. The van der Waals surface area contributed by atoms with Crippen LogP contribution in [0.2, 0.25) is 0 Å². The molecule has 2 amide bonds. The van der Waals surface area contributed by atoms with Crippen LogP contribution in [-0.2, 0) is 4.79 Å². The molecule has 0 aliphatic heterocycles. The van der Waals surface area contributed by atoms with E-state index in [1.807, 2.05) is 32.0 Å². The summed E-state index contributed by atoms with van der Waals surface area (Å²) in [7, 11) is 0. The van der Waals surface area contributed by atoms with Crippen LogP contribution < -0.4 is 20.3 Å². The number of para-hydroxylation sites is 1. The van der Waals surface area contributed by atoms with Crippen molar-refractivity contribution in [1.29, 1.82) is 0 Å². The first-order chi connectivity index (χ1) is 12.9. The van der Waals surface area contributed by atoms with E-state index < -0.39 is 11.8 Å². The van der Waals surface area contributed by atoms with Crippen LogP contribution in [0.25, 0.3) is 0 Å². The molecule has 6 nitrogen and oxygen atoms in total. The number of rotatable bonds is 7.